The zero-order valence-electron chi connectivity index (χ0n) is 7.30. The first-order chi connectivity index (χ1) is 5.31. The summed E-state index contributed by atoms with van der Waals surface area (Å²) in [5.74, 6) is 0. The van der Waals surface area contributed by atoms with Gasteiger partial charge in [0.15, 0.2) is 6.40 Å². The van der Waals surface area contributed by atoms with E-state index in [4.69, 9.17) is 14.9 Å². The first kappa shape index (κ1) is 10.4. The molecule has 0 aromatic carbocycles. The molecule has 0 aromatic heterocycles. The summed E-state index contributed by atoms with van der Waals surface area (Å²) in [4.78, 5) is 0. The summed E-state index contributed by atoms with van der Waals surface area (Å²) in [6.45, 7) is 2.71. The van der Waals surface area contributed by atoms with Gasteiger partial charge in [-0.05, 0) is 26.2 Å². The molecule has 1 N–H and O–H groups in total. The Kier molecular flexibility index (Phi) is 7.15. The molecule has 1 unspecified atom stereocenters. The van der Waals surface area contributed by atoms with Crippen molar-refractivity contribution in [3.05, 3.63) is 0 Å². The van der Waals surface area contributed by atoms with Gasteiger partial charge in [-0.15, -0.1) is 0 Å². The summed E-state index contributed by atoms with van der Waals surface area (Å²) < 4.78 is 9.82. The lowest BCUT2D eigenvalue weighted by molar-refractivity contribution is 0.107. The van der Waals surface area contributed by atoms with Crippen molar-refractivity contribution in [2.75, 3.05) is 13.7 Å². The average molecular weight is 159 g/mol. The number of nitrogens with one attached hydrogen (secondary N) is 1. The van der Waals surface area contributed by atoms with E-state index in [0.29, 0.717) is 12.7 Å². The van der Waals surface area contributed by atoms with E-state index >= 15 is 0 Å². The number of unbranched alkanes of at least 4 members (excludes halogenated alkanes) is 1. The van der Waals surface area contributed by atoms with Crippen LogP contribution in [0.1, 0.15) is 26.2 Å². The molecule has 0 aliphatic rings. The molecule has 0 saturated heterocycles. The van der Waals surface area contributed by atoms with Crippen molar-refractivity contribution >= 4 is 6.40 Å². The zero-order valence-corrected chi connectivity index (χ0v) is 7.30. The maximum atomic E-state index is 6.59. The van der Waals surface area contributed by atoms with Crippen LogP contribution in [0.3, 0.4) is 0 Å². The summed E-state index contributed by atoms with van der Waals surface area (Å²) in [5.41, 5.74) is 0. The Morgan fingerprint density at radius 3 is 2.73 bits per heavy atom. The fourth-order valence-electron chi connectivity index (χ4n) is 0.794. The lowest BCUT2D eigenvalue weighted by Crippen LogP contribution is -2.04. The zero-order chi connectivity index (χ0) is 8.53. The van der Waals surface area contributed by atoms with Crippen LogP contribution in [0, 0.1) is 5.41 Å². The molecule has 0 amide bonds. The van der Waals surface area contributed by atoms with E-state index in [1.807, 2.05) is 0 Å². The minimum Gasteiger partial charge on any atom is -0.484 e. The van der Waals surface area contributed by atoms with E-state index in [0.717, 1.165) is 25.7 Å². The van der Waals surface area contributed by atoms with E-state index < -0.39 is 0 Å². The third-order valence-corrected chi connectivity index (χ3v) is 1.61. The van der Waals surface area contributed by atoms with Crippen molar-refractivity contribution in [3.8, 4) is 0 Å². The van der Waals surface area contributed by atoms with Crippen molar-refractivity contribution < 1.29 is 9.47 Å². The van der Waals surface area contributed by atoms with Crippen LogP contribution in [0.5, 0.6) is 0 Å². The number of hydrogen-bond donors (Lipinski definition) is 1. The molecule has 66 valence electrons. The summed E-state index contributed by atoms with van der Waals surface area (Å²) in [7, 11) is 1.72. The molecule has 3 heteroatoms. The van der Waals surface area contributed by atoms with Gasteiger partial charge in [-0.3, -0.25) is 5.41 Å². The van der Waals surface area contributed by atoms with Gasteiger partial charge in [-0.2, -0.15) is 0 Å². The van der Waals surface area contributed by atoms with Crippen molar-refractivity contribution in [2.45, 2.75) is 32.3 Å². The van der Waals surface area contributed by atoms with Gasteiger partial charge in [-0.25, -0.2) is 0 Å². The maximum absolute atomic E-state index is 6.59. The van der Waals surface area contributed by atoms with Crippen LogP contribution in [-0.2, 0) is 9.47 Å². The highest BCUT2D eigenvalue weighted by atomic mass is 16.5. The van der Waals surface area contributed by atoms with Crippen molar-refractivity contribution in [1.82, 2.24) is 0 Å². The summed E-state index contributed by atoms with van der Waals surface area (Å²) in [6.07, 6.45) is 4.50. The predicted octanol–water partition coefficient (Wildman–Crippen LogP) is 1.82. The Hall–Kier alpha value is -0.570. The van der Waals surface area contributed by atoms with Gasteiger partial charge >= 0.3 is 0 Å². The summed E-state index contributed by atoms with van der Waals surface area (Å²) in [6, 6.07) is 0. The Morgan fingerprint density at radius 1 is 1.45 bits per heavy atom. The van der Waals surface area contributed by atoms with Gasteiger partial charge in [0.1, 0.15) is 0 Å². The highest BCUT2D eigenvalue weighted by Gasteiger charge is 1.97. The van der Waals surface area contributed by atoms with Crippen LogP contribution >= 0.6 is 0 Å². The number of rotatable bonds is 7. The van der Waals surface area contributed by atoms with E-state index in [1.54, 1.807) is 7.11 Å². The molecule has 1 atom stereocenters. The Labute approximate surface area is 68.2 Å². The first-order valence-corrected chi connectivity index (χ1v) is 3.94. The second-order valence-electron chi connectivity index (χ2n) is 2.53. The first-order valence-electron chi connectivity index (χ1n) is 3.94. The highest BCUT2D eigenvalue weighted by Crippen LogP contribution is 2.02. The lowest BCUT2D eigenvalue weighted by atomic mass is 10.2. The van der Waals surface area contributed by atoms with Crippen LogP contribution < -0.4 is 0 Å². The Morgan fingerprint density at radius 2 is 2.18 bits per heavy atom. The normalized spacial score (nSPS) is 12.5. The fourth-order valence-corrected chi connectivity index (χ4v) is 0.794. The van der Waals surface area contributed by atoms with Crippen LogP contribution in [0.4, 0.5) is 0 Å². The van der Waals surface area contributed by atoms with Crippen LogP contribution in [0.15, 0.2) is 0 Å². The Bertz CT molecular complexity index is 96.1. The van der Waals surface area contributed by atoms with E-state index in [9.17, 15) is 0 Å². The second kappa shape index (κ2) is 7.54. The Balaban J connectivity index is 2.95. The molecular weight excluding hydrogens is 142 g/mol. The van der Waals surface area contributed by atoms with Gasteiger partial charge in [0.25, 0.3) is 0 Å². The number of ether oxygens (including phenoxy) is 2. The molecule has 0 aliphatic carbocycles. The van der Waals surface area contributed by atoms with Gasteiger partial charge in [0.2, 0.25) is 0 Å². The van der Waals surface area contributed by atoms with Crippen LogP contribution in [0.2, 0.25) is 0 Å². The van der Waals surface area contributed by atoms with Gasteiger partial charge in [-0.1, -0.05) is 0 Å². The van der Waals surface area contributed by atoms with Gasteiger partial charge < -0.3 is 9.47 Å². The summed E-state index contributed by atoms with van der Waals surface area (Å²) >= 11 is 0. The monoisotopic (exact) mass is 159 g/mol. The molecule has 0 radical (unpaired) electrons. The predicted molar refractivity (Wildman–Crippen MR) is 45.1 cm³/mol. The topological polar surface area (TPSA) is 42.3 Å². The minimum atomic E-state index is 0.343. The SMILES string of the molecule is COC(C)CCCCOC=N. The molecule has 0 aromatic rings. The molecule has 0 saturated carbocycles. The molecule has 3 nitrogen and oxygen atoms in total. The second-order valence-corrected chi connectivity index (χ2v) is 2.53. The van der Waals surface area contributed by atoms with E-state index in [2.05, 4.69) is 6.92 Å². The van der Waals surface area contributed by atoms with E-state index in [-0.39, 0.29) is 0 Å². The summed E-state index contributed by atoms with van der Waals surface area (Å²) in [5, 5.41) is 6.59. The quantitative estimate of drug-likeness (QED) is 0.350. The third-order valence-electron chi connectivity index (χ3n) is 1.61. The minimum absolute atomic E-state index is 0.343. The highest BCUT2D eigenvalue weighted by molar-refractivity contribution is 5.40. The lowest BCUT2D eigenvalue weighted by Gasteiger charge is -2.07. The molecule has 0 bridgehead atoms. The smallest absolute Gasteiger partial charge is 0.166 e. The number of methoxy groups -OCH3 is 1. The standard InChI is InChI=1S/C8H17NO2/c1-8(10-2)5-3-4-6-11-7-9/h7-9H,3-6H2,1-2H3. The molecular formula is C8H17NO2. The van der Waals surface area contributed by atoms with Gasteiger partial charge in [0, 0.05) is 7.11 Å². The molecule has 0 heterocycles. The molecule has 0 spiro atoms. The molecule has 0 fully saturated rings. The van der Waals surface area contributed by atoms with Crippen molar-refractivity contribution in [1.29, 1.82) is 5.41 Å². The molecule has 11 heavy (non-hydrogen) atoms. The van der Waals surface area contributed by atoms with Gasteiger partial charge in [0.05, 0.1) is 12.7 Å². The molecule has 0 aliphatic heterocycles. The average Bonchev–Trinajstić information content (AvgIpc) is 2.04. The van der Waals surface area contributed by atoms with E-state index in [1.165, 1.54) is 0 Å². The van der Waals surface area contributed by atoms with Crippen LogP contribution in [0.25, 0.3) is 0 Å². The molecule has 0 rings (SSSR count). The largest absolute Gasteiger partial charge is 0.484 e. The maximum Gasteiger partial charge on any atom is 0.166 e. The number of hydrogen-bond acceptors (Lipinski definition) is 3. The van der Waals surface area contributed by atoms with Crippen molar-refractivity contribution in [3.63, 3.8) is 0 Å². The van der Waals surface area contributed by atoms with Crippen LogP contribution in [-0.4, -0.2) is 26.2 Å². The van der Waals surface area contributed by atoms with Crippen molar-refractivity contribution in [2.24, 2.45) is 0 Å². The fraction of sp³-hybridized carbons (Fsp3) is 0.875. The third kappa shape index (κ3) is 7.33.